The maximum Gasteiger partial charge on any atom is 0.175 e. The summed E-state index contributed by atoms with van der Waals surface area (Å²) in [5, 5.41) is 9.47. The number of nitrogens with zero attached hydrogens (tertiary/aromatic N) is 3. The van der Waals surface area contributed by atoms with Gasteiger partial charge in [0.15, 0.2) is 10.9 Å². The molecule has 3 aromatic carbocycles. The largest absolute Gasteiger partial charge is 0.340 e. The van der Waals surface area contributed by atoms with Crippen LogP contribution in [0.15, 0.2) is 91.1 Å². The van der Waals surface area contributed by atoms with E-state index in [1.807, 2.05) is 54.2 Å². The van der Waals surface area contributed by atoms with Crippen LogP contribution in [-0.2, 0) is 19.6 Å². The topological polar surface area (TPSA) is 33.1 Å². The van der Waals surface area contributed by atoms with E-state index in [-0.39, 0.29) is 0 Å². The van der Waals surface area contributed by atoms with Crippen LogP contribution in [-0.4, -0.2) is 19.8 Å². The Kier molecular flexibility index (Phi) is 7.20. The molecule has 0 aliphatic carbocycles. The maximum absolute atomic E-state index is 6.00. The molecular formula is C26H25ClN4S. The molecule has 32 heavy (non-hydrogen) atoms. The molecule has 1 heterocycles. The third-order valence-electron chi connectivity index (χ3n) is 5.15. The van der Waals surface area contributed by atoms with Gasteiger partial charge < -0.3 is 10.2 Å². The van der Waals surface area contributed by atoms with E-state index < -0.39 is 0 Å². The Morgan fingerprint density at radius 2 is 1.44 bits per heavy atom. The lowest BCUT2D eigenvalue weighted by molar-refractivity contribution is 0.412. The summed E-state index contributed by atoms with van der Waals surface area (Å²) in [7, 11) is 0. The third-order valence-corrected chi connectivity index (χ3v) is 5.76. The van der Waals surface area contributed by atoms with Crippen molar-refractivity contribution >= 4 is 34.7 Å². The molecule has 0 spiro atoms. The molecule has 0 atom stereocenters. The number of anilines is 1. The van der Waals surface area contributed by atoms with Crippen LogP contribution in [0, 0.1) is 6.92 Å². The Labute approximate surface area is 199 Å². The van der Waals surface area contributed by atoms with E-state index in [0.29, 0.717) is 24.7 Å². The number of benzene rings is 3. The SMILES string of the molecule is Cc1cn(Cc2ccc(Cl)cc2)nc1NC(=S)N(Cc1ccccc1)Cc1ccccc1. The van der Waals surface area contributed by atoms with Crippen LogP contribution >= 0.6 is 23.8 Å². The van der Waals surface area contributed by atoms with Gasteiger partial charge in [-0.1, -0.05) is 84.4 Å². The zero-order valence-electron chi connectivity index (χ0n) is 17.9. The van der Waals surface area contributed by atoms with E-state index in [2.05, 4.69) is 58.7 Å². The molecule has 4 aromatic rings. The lowest BCUT2D eigenvalue weighted by atomic mass is 10.2. The number of hydrogen-bond donors (Lipinski definition) is 1. The Hall–Kier alpha value is -3.15. The molecule has 4 nitrogen and oxygen atoms in total. The Balaban J connectivity index is 1.49. The summed E-state index contributed by atoms with van der Waals surface area (Å²) in [5.41, 5.74) is 4.59. The minimum atomic E-state index is 0.651. The lowest BCUT2D eigenvalue weighted by Crippen LogP contribution is -2.34. The smallest absolute Gasteiger partial charge is 0.175 e. The van der Waals surface area contributed by atoms with Gasteiger partial charge in [0.05, 0.1) is 6.54 Å². The predicted molar refractivity (Wildman–Crippen MR) is 136 cm³/mol. The minimum absolute atomic E-state index is 0.651. The number of aryl methyl sites for hydroxylation is 1. The van der Waals surface area contributed by atoms with Crippen molar-refractivity contribution in [2.75, 3.05) is 5.32 Å². The van der Waals surface area contributed by atoms with Crippen molar-refractivity contribution in [3.05, 3.63) is 118 Å². The van der Waals surface area contributed by atoms with Crippen molar-refractivity contribution in [1.29, 1.82) is 0 Å². The summed E-state index contributed by atoms with van der Waals surface area (Å²) in [6, 6.07) is 28.5. The van der Waals surface area contributed by atoms with E-state index in [1.165, 1.54) is 11.1 Å². The van der Waals surface area contributed by atoms with Crippen LogP contribution in [0.3, 0.4) is 0 Å². The van der Waals surface area contributed by atoms with Gasteiger partial charge in [-0.25, -0.2) is 0 Å². The summed E-state index contributed by atoms with van der Waals surface area (Å²) >= 11 is 11.8. The van der Waals surface area contributed by atoms with E-state index >= 15 is 0 Å². The molecular weight excluding hydrogens is 436 g/mol. The summed E-state index contributed by atoms with van der Waals surface area (Å²) in [5.74, 6) is 0.773. The van der Waals surface area contributed by atoms with Crippen LogP contribution in [0.2, 0.25) is 5.02 Å². The molecule has 0 bridgehead atoms. The second kappa shape index (κ2) is 10.4. The average Bonchev–Trinajstić information content (AvgIpc) is 3.14. The van der Waals surface area contributed by atoms with Gasteiger partial charge in [0, 0.05) is 29.9 Å². The molecule has 0 saturated carbocycles. The Bertz CT molecular complexity index is 1120. The van der Waals surface area contributed by atoms with Crippen molar-refractivity contribution in [3.63, 3.8) is 0 Å². The molecule has 0 saturated heterocycles. The van der Waals surface area contributed by atoms with E-state index in [9.17, 15) is 0 Å². The zero-order valence-corrected chi connectivity index (χ0v) is 19.5. The fourth-order valence-corrected chi connectivity index (χ4v) is 3.84. The summed E-state index contributed by atoms with van der Waals surface area (Å²) in [4.78, 5) is 2.16. The van der Waals surface area contributed by atoms with Crippen molar-refractivity contribution < 1.29 is 0 Å². The number of aromatic nitrogens is 2. The van der Waals surface area contributed by atoms with Crippen LogP contribution < -0.4 is 5.32 Å². The quantitative estimate of drug-likeness (QED) is 0.328. The first-order valence-corrected chi connectivity index (χ1v) is 11.3. The normalized spacial score (nSPS) is 10.7. The summed E-state index contributed by atoms with van der Waals surface area (Å²) < 4.78 is 1.92. The minimum Gasteiger partial charge on any atom is -0.340 e. The number of hydrogen-bond acceptors (Lipinski definition) is 2. The van der Waals surface area contributed by atoms with Crippen LogP contribution in [0.4, 0.5) is 5.82 Å². The van der Waals surface area contributed by atoms with Crippen molar-refractivity contribution in [2.24, 2.45) is 0 Å². The van der Waals surface area contributed by atoms with E-state index in [0.717, 1.165) is 22.0 Å². The van der Waals surface area contributed by atoms with Gasteiger partial charge in [-0.05, 0) is 48.0 Å². The van der Waals surface area contributed by atoms with Gasteiger partial charge in [0.1, 0.15) is 0 Å². The first-order valence-electron chi connectivity index (χ1n) is 10.5. The first-order chi connectivity index (χ1) is 15.6. The van der Waals surface area contributed by atoms with Gasteiger partial charge in [-0.15, -0.1) is 0 Å². The zero-order chi connectivity index (χ0) is 22.3. The summed E-state index contributed by atoms with van der Waals surface area (Å²) in [6.07, 6.45) is 2.03. The second-order valence-corrected chi connectivity index (χ2v) is 8.57. The Morgan fingerprint density at radius 3 is 2.00 bits per heavy atom. The molecule has 0 aliphatic heterocycles. The highest BCUT2D eigenvalue weighted by Crippen LogP contribution is 2.17. The van der Waals surface area contributed by atoms with Crippen molar-refractivity contribution in [3.8, 4) is 0 Å². The highest BCUT2D eigenvalue weighted by Gasteiger charge is 2.14. The standard InChI is InChI=1S/C26H25ClN4S/c1-20-16-31(19-23-12-14-24(27)15-13-23)29-25(20)28-26(32)30(17-21-8-4-2-5-9-21)18-22-10-6-3-7-11-22/h2-16H,17-19H2,1H3,(H,28,29,32). The van der Waals surface area contributed by atoms with Crippen molar-refractivity contribution in [1.82, 2.24) is 14.7 Å². The van der Waals surface area contributed by atoms with Gasteiger partial charge in [0.2, 0.25) is 0 Å². The average molecular weight is 461 g/mol. The molecule has 4 rings (SSSR count). The molecule has 1 N–H and O–H groups in total. The molecule has 1 aromatic heterocycles. The molecule has 0 fully saturated rings. The fourth-order valence-electron chi connectivity index (χ4n) is 3.49. The van der Waals surface area contributed by atoms with Crippen molar-refractivity contribution in [2.45, 2.75) is 26.6 Å². The van der Waals surface area contributed by atoms with Gasteiger partial charge >= 0.3 is 0 Å². The number of nitrogens with one attached hydrogen (secondary N) is 1. The molecule has 0 radical (unpaired) electrons. The lowest BCUT2D eigenvalue weighted by Gasteiger charge is -2.26. The van der Waals surface area contributed by atoms with Crippen LogP contribution in [0.5, 0.6) is 0 Å². The first kappa shape index (κ1) is 22.1. The molecule has 162 valence electrons. The summed E-state index contributed by atoms with van der Waals surface area (Å²) in [6.45, 7) is 4.14. The van der Waals surface area contributed by atoms with Gasteiger partial charge in [0.25, 0.3) is 0 Å². The third kappa shape index (κ3) is 5.96. The highest BCUT2D eigenvalue weighted by molar-refractivity contribution is 7.80. The molecule has 0 unspecified atom stereocenters. The highest BCUT2D eigenvalue weighted by atomic mass is 35.5. The predicted octanol–water partition coefficient (Wildman–Crippen LogP) is 6.29. The molecule has 0 aliphatic rings. The maximum atomic E-state index is 6.00. The van der Waals surface area contributed by atoms with Gasteiger partial charge in [-0.3, -0.25) is 4.68 Å². The number of thiocarbonyl (C=S) groups is 1. The fraction of sp³-hybridized carbons (Fsp3) is 0.154. The van der Waals surface area contributed by atoms with Gasteiger partial charge in [-0.2, -0.15) is 5.10 Å². The van der Waals surface area contributed by atoms with E-state index in [4.69, 9.17) is 28.9 Å². The van der Waals surface area contributed by atoms with E-state index in [1.54, 1.807) is 0 Å². The number of halogens is 1. The molecule has 6 heteroatoms. The van der Waals surface area contributed by atoms with Crippen LogP contribution in [0.25, 0.3) is 0 Å². The number of rotatable bonds is 7. The Morgan fingerprint density at radius 1 is 0.875 bits per heavy atom. The molecule has 0 amide bonds. The monoisotopic (exact) mass is 460 g/mol. The van der Waals surface area contributed by atoms with Crippen LogP contribution in [0.1, 0.15) is 22.3 Å². The second-order valence-electron chi connectivity index (χ2n) is 7.74.